The monoisotopic (exact) mass is 784 g/mol. The van der Waals surface area contributed by atoms with Crippen molar-refractivity contribution in [2.24, 2.45) is 0 Å². The Labute approximate surface area is 335 Å². The summed E-state index contributed by atoms with van der Waals surface area (Å²) in [6.07, 6.45) is 6.36. The summed E-state index contributed by atoms with van der Waals surface area (Å²) in [6, 6.07) is 56.9. The van der Waals surface area contributed by atoms with E-state index >= 15 is 9.13 Å². The molecule has 0 N–H and O–H groups in total. The second-order valence-corrected chi connectivity index (χ2v) is 20.6. The minimum atomic E-state index is -3.14. The van der Waals surface area contributed by atoms with Crippen LogP contribution in [0.2, 0.25) is 0 Å². The van der Waals surface area contributed by atoms with Crippen LogP contribution in [-0.2, 0) is 15.6 Å². The molecule has 0 saturated carbocycles. The van der Waals surface area contributed by atoms with E-state index in [0.29, 0.717) is 11.8 Å². The van der Waals surface area contributed by atoms with E-state index in [4.69, 9.17) is 10.2 Å². The van der Waals surface area contributed by atoms with Crippen LogP contribution in [0.1, 0.15) is 17.7 Å². The third-order valence-corrected chi connectivity index (χ3v) is 18.5. The topological polar surface area (TPSA) is 69.8 Å². The van der Waals surface area contributed by atoms with Crippen LogP contribution >= 0.6 is 14.3 Å². The molecule has 276 valence electrons. The van der Waals surface area contributed by atoms with Crippen LogP contribution in [0.5, 0.6) is 0 Å². The highest BCUT2D eigenvalue weighted by Crippen LogP contribution is 2.54. The number of aromatic nitrogens is 4. The predicted molar refractivity (Wildman–Crippen MR) is 238 cm³/mol. The van der Waals surface area contributed by atoms with Gasteiger partial charge in [-0.05, 0) is 83.1 Å². The number of hydrogen-bond acceptors (Lipinski definition) is 4. The average Bonchev–Trinajstić information content (AvgIpc) is 4.01. The number of rotatable bonds is 5. The first-order valence-corrected chi connectivity index (χ1v) is 23.0. The molecule has 7 aromatic carbocycles. The fraction of sp³-hybridized carbons (Fsp3) is 0.0400. The summed E-state index contributed by atoms with van der Waals surface area (Å²) in [6.45, 7) is 0. The van der Waals surface area contributed by atoms with Crippen molar-refractivity contribution in [3.63, 3.8) is 0 Å². The number of nitrogens with zero attached hydrogens (tertiary/aromatic N) is 4. The van der Waals surface area contributed by atoms with Gasteiger partial charge >= 0.3 is 0 Å². The molecule has 8 heteroatoms. The first kappa shape index (κ1) is 33.5. The van der Waals surface area contributed by atoms with E-state index in [9.17, 15) is 0 Å². The van der Waals surface area contributed by atoms with Crippen molar-refractivity contribution >= 4 is 63.1 Å². The molecule has 2 aliphatic heterocycles. The van der Waals surface area contributed by atoms with Gasteiger partial charge in [-0.15, -0.1) is 10.2 Å². The molecule has 0 spiro atoms. The van der Waals surface area contributed by atoms with Gasteiger partial charge in [0.15, 0.2) is 20.1 Å². The lowest BCUT2D eigenvalue weighted by molar-refractivity contribution is 0.592. The smallest absolute Gasteiger partial charge is 0.241 e. The zero-order valence-electron chi connectivity index (χ0n) is 31.2. The molecule has 0 amide bonds. The van der Waals surface area contributed by atoms with Gasteiger partial charge in [0, 0.05) is 42.8 Å². The first-order chi connectivity index (χ1) is 28.5. The van der Waals surface area contributed by atoms with Crippen molar-refractivity contribution in [2.45, 2.75) is 12.8 Å². The molecule has 0 radical (unpaired) electrons. The van der Waals surface area contributed by atoms with Crippen LogP contribution in [-0.4, -0.2) is 19.3 Å². The van der Waals surface area contributed by atoms with Gasteiger partial charge in [0.1, 0.15) is 0 Å². The minimum Gasteiger partial charge on any atom is -0.309 e. The number of hydrogen-bond donors (Lipinski definition) is 0. The normalized spacial score (nSPS) is 18.4. The van der Waals surface area contributed by atoms with Crippen molar-refractivity contribution in [3.05, 3.63) is 187 Å². The Morgan fingerprint density at radius 3 is 1.76 bits per heavy atom. The number of benzene rings is 7. The quantitative estimate of drug-likeness (QED) is 0.164. The van der Waals surface area contributed by atoms with Crippen LogP contribution in [0.25, 0.3) is 62.3 Å². The molecule has 12 rings (SSSR count). The van der Waals surface area contributed by atoms with Crippen molar-refractivity contribution in [3.8, 4) is 45.3 Å². The molecule has 3 aliphatic rings. The van der Waals surface area contributed by atoms with Crippen molar-refractivity contribution < 1.29 is 9.13 Å². The van der Waals surface area contributed by atoms with Gasteiger partial charge in [-0.1, -0.05) is 140 Å². The average molecular weight is 785 g/mol. The fourth-order valence-electron chi connectivity index (χ4n) is 9.61. The summed E-state index contributed by atoms with van der Waals surface area (Å²) in [4.78, 5) is 0. The summed E-state index contributed by atoms with van der Waals surface area (Å²) in [5, 5.41) is 16.3. The largest absolute Gasteiger partial charge is 0.309 e. The van der Waals surface area contributed by atoms with Gasteiger partial charge in [0.2, 0.25) is 5.95 Å². The molecule has 58 heavy (non-hydrogen) atoms. The Morgan fingerprint density at radius 1 is 0.500 bits per heavy atom. The molecule has 6 nitrogen and oxygen atoms in total. The van der Waals surface area contributed by atoms with E-state index < -0.39 is 14.3 Å². The second-order valence-electron chi connectivity index (χ2n) is 15.2. The Kier molecular flexibility index (Phi) is 7.21. The highest BCUT2D eigenvalue weighted by Gasteiger charge is 2.42. The molecule has 2 unspecified atom stereocenters. The predicted octanol–water partition coefficient (Wildman–Crippen LogP) is 9.08. The summed E-state index contributed by atoms with van der Waals surface area (Å²) < 4.78 is 35.1. The lowest BCUT2D eigenvalue weighted by Crippen LogP contribution is -2.20. The van der Waals surface area contributed by atoms with E-state index in [2.05, 4.69) is 75.9 Å². The lowest BCUT2D eigenvalue weighted by atomic mass is 10.0. The Hall–Kier alpha value is -6.58. The minimum absolute atomic E-state index is 0.653. The zero-order chi connectivity index (χ0) is 38.6. The highest BCUT2D eigenvalue weighted by atomic mass is 31.2. The Balaban J connectivity index is 1.12. The maximum atomic E-state index is 15.4. The number of para-hydroxylation sites is 1. The van der Waals surface area contributed by atoms with E-state index in [-0.39, 0.29) is 0 Å². The SMILES string of the molecule is O=P1(c2ccccc2)c2ccccc2-c2cc(-c3nnc(-n4c5c(c6ccccc64)CCC=C5)n3-c3ccc4c(c3)-c3ccccc3P4(=O)c3ccccc3)ccc21. The van der Waals surface area contributed by atoms with Crippen LogP contribution in [0.15, 0.2) is 176 Å². The third-order valence-electron chi connectivity index (χ3n) is 12.2. The van der Waals surface area contributed by atoms with Crippen LogP contribution < -0.4 is 31.8 Å². The van der Waals surface area contributed by atoms with Gasteiger partial charge in [0.25, 0.3) is 0 Å². The van der Waals surface area contributed by atoms with Crippen molar-refractivity contribution in [1.29, 1.82) is 0 Å². The number of allylic oxidation sites excluding steroid dienone is 1. The van der Waals surface area contributed by atoms with Gasteiger partial charge in [-0.2, -0.15) is 0 Å². The van der Waals surface area contributed by atoms with Gasteiger partial charge in [0.05, 0.1) is 16.9 Å². The maximum Gasteiger partial charge on any atom is 0.241 e. The lowest BCUT2D eigenvalue weighted by Gasteiger charge is -2.18. The molecule has 1 aliphatic carbocycles. The van der Waals surface area contributed by atoms with Crippen LogP contribution in [0.4, 0.5) is 0 Å². The van der Waals surface area contributed by atoms with Gasteiger partial charge < -0.3 is 9.13 Å². The Bertz CT molecular complexity index is 3310. The van der Waals surface area contributed by atoms with E-state index in [1.54, 1.807) is 0 Å². The van der Waals surface area contributed by atoms with Gasteiger partial charge in [-0.25, -0.2) is 0 Å². The molecule has 4 heterocycles. The molecule has 9 aromatic rings. The molecule has 2 atom stereocenters. The zero-order valence-corrected chi connectivity index (χ0v) is 33.0. The second kappa shape index (κ2) is 12.5. The first-order valence-electron chi connectivity index (χ1n) is 19.6. The standard InChI is InChI=1S/C50H34N4O2P2/c55-57(35-15-3-1-4-16-35)45-25-13-9-21-39(45)41-31-33(27-29-47(41)57)49-51-52-50(54-43-23-11-7-19-37(43)38-20-8-12-24-44(38)54)53(49)34-28-30-48-42(32-34)40-22-10-14-26-46(40)58(48,56)36-17-5-2-6-18-36/h1-7,9-19,21-32H,8,20H2. The number of aryl methyl sites for hydroxylation is 1. The summed E-state index contributed by atoms with van der Waals surface area (Å²) in [5.74, 6) is 1.31. The Morgan fingerprint density at radius 2 is 1.07 bits per heavy atom. The van der Waals surface area contributed by atoms with Crippen LogP contribution in [0, 0.1) is 0 Å². The van der Waals surface area contributed by atoms with E-state index in [1.807, 2.05) is 115 Å². The molecule has 0 bridgehead atoms. The highest BCUT2D eigenvalue weighted by molar-refractivity contribution is 7.87. The fourth-order valence-corrected chi connectivity index (χ4v) is 15.7. The van der Waals surface area contributed by atoms with Gasteiger partial charge in [-0.3, -0.25) is 9.13 Å². The summed E-state index contributed by atoms with van der Waals surface area (Å²) in [7, 11) is -6.26. The third kappa shape index (κ3) is 4.50. The summed E-state index contributed by atoms with van der Waals surface area (Å²) >= 11 is 0. The molecule has 0 fully saturated rings. The van der Waals surface area contributed by atoms with Crippen molar-refractivity contribution in [1.82, 2.24) is 19.3 Å². The summed E-state index contributed by atoms with van der Waals surface area (Å²) in [5.41, 5.74) is 8.99. The van der Waals surface area contributed by atoms with E-state index in [1.165, 1.54) is 10.9 Å². The van der Waals surface area contributed by atoms with Crippen molar-refractivity contribution in [2.75, 3.05) is 0 Å². The molecule has 2 aromatic heterocycles. The maximum absolute atomic E-state index is 15.4. The van der Waals surface area contributed by atoms with E-state index in [0.717, 1.165) is 89.4 Å². The molecular formula is C50H34N4O2P2. The molecular weight excluding hydrogens is 751 g/mol. The van der Waals surface area contributed by atoms with Crippen LogP contribution in [0.3, 0.4) is 0 Å². The molecule has 0 saturated heterocycles. The number of fused-ring (bicyclic) bond motifs is 9.